The second kappa shape index (κ2) is 7.82. The summed E-state index contributed by atoms with van der Waals surface area (Å²) in [5.74, 6) is 0.0107. The highest BCUT2D eigenvalue weighted by Crippen LogP contribution is 2.37. The molecule has 1 aliphatic heterocycles. The number of fused-ring (bicyclic) bond motifs is 2. The number of thiazole rings is 1. The summed E-state index contributed by atoms with van der Waals surface area (Å²) in [5, 5.41) is 5.28. The number of rotatable bonds is 4. The van der Waals surface area contributed by atoms with Gasteiger partial charge in [-0.05, 0) is 24.3 Å². The number of carbonyl (C=O) groups is 2. The molecule has 0 aliphatic carbocycles. The SMILES string of the molecule is O=C(CNC(=O)c1ccc(C(F)(F)F)cc1)Nc1nc2cc3c(cc2s1)OCCO3. The number of alkyl halides is 3. The number of hydrogen-bond acceptors (Lipinski definition) is 6. The third-order valence-electron chi connectivity index (χ3n) is 4.18. The molecular weight excluding hydrogens is 423 g/mol. The van der Waals surface area contributed by atoms with Crippen molar-refractivity contribution < 1.29 is 32.2 Å². The quantitative estimate of drug-likeness (QED) is 0.653. The molecule has 156 valence electrons. The molecule has 0 unspecified atom stereocenters. The fourth-order valence-corrected chi connectivity index (χ4v) is 3.65. The van der Waals surface area contributed by atoms with Crippen molar-refractivity contribution in [2.24, 2.45) is 0 Å². The first-order valence-corrected chi connectivity index (χ1v) is 9.57. The molecule has 2 aromatic carbocycles. The molecule has 4 rings (SSSR count). The average Bonchev–Trinajstić information content (AvgIpc) is 3.10. The van der Waals surface area contributed by atoms with Crippen LogP contribution in [0, 0.1) is 0 Å². The van der Waals surface area contributed by atoms with Crippen molar-refractivity contribution >= 4 is 38.5 Å². The number of hydrogen-bond donors (Lipinski definition) is 2. The summed E-state index contributed by atoms with van der Waals surface area (Å²) in [6, 6.07) is 7.23. The van der Waals surface area contributed by atoms with E-state index in [-0.39, 0.29) is 12.1 Å². The number of benzene rings is 2. The summed E-state index contributed by atoms with van der Waals surface area (Å²) in [5.41, 5.74) is -0.209. The van der Waals surface area contributed by atoms with Crippen LogP contribution in [0.2, 0.25) is 0 Å². The summed E-state index contributed by atoms with van der Waals surface area (Å²) < 4.78 is 49.5. The van der Waals surface area contributed by atoms with Crippen LogP contribution in [0.15, 0.2) is 36.4 Å². The first-order valence-electron chi connectivity index (χ1n) is 8.75. The second-order valence-corrected chi connectivity index (χ2v) is 7.32. The Bertz CT molecular complexity index is 1070. The third kappa shape index (κ3) is 4.30. The van der Waals surface area contributed by atoms with Gasteiger partial charge in [0.05, 0.1) is 22.3 Å². The Kier molecular flexibility index (Phi) is 5.20. The van der Waals surface area contributed by atoms with E-state index in [1.807, 2.05) is 0 Å². The van der Waals surface area contributed by atoms with Gasteiger partial charge < -0.3 is 20.1 Å². The van der Waals surface area contributed by atoms with E-state index < -0.39 is 23.6 Å². The van der Waals surface area contributed by atoms with E-state index >= 15 is 0 Å². The summed E-state index contributed by atoms with van der Waals surface area (Å²) in [7, 11) is 0. The summed E-state index contributed by atoms with van der Waals surface area (Å²) >= 11 is 1.24. The first kappa shape index (κ1) is 20.0. The zero-order valence-electron chi connectivity index (χ0n) is 15.2. The Balaban J connectivity index is 1.36. The number of amides is 2. The van der Waals surface area contributed by atoms with Gasteiger partial charge in [0, 0.05) is 17.7 Å². The molecule has 1 aromatic heterocycles. The van der Waals surface area contributed by atoms with Crippen molar-refractivity contribution in [3.8, 4) is 11.5 Å². The van der Waals surface area contributed by atoms with E-state index in [9.17, 15) is 22.8 Å². The van der Waals surface area contributed by atoms with Crippen molar-refractivity contribution in [1.82, 2.24) is 10.3 Å². The van der Waals surface area contributed by atoms with Crippen LogP contribution in [0.5, 0.6) is 11.5 Å². The Morgan fingerprint density at radius 1 is 1.07 bits per heavy atom. The predicted molar refractivity (Wildman–Crippen MR) is 103 cm³/mol. The maximum absolute atomic E-state index is 12.6. The average molecular weight is 437 g/mol. The lowest BCUT2D eigenvalue weighted by Crippen LogP contribution is -2.32. The topological polar surface area (TPSA) is 89.6 Å². The number of anilines is 1. The summed E-state index contributed by atoms with van der Waals surface area (Å²) in [4.78, 5) is 28.5. The van der Waals surface area contributed by atoms with Crippen molar-refractivity contribution in [2.75, 3.05) is 25.1 Å². The molecule has 0 saturated heterocycles. The smallest absolute Gasteiger partial charge is 0.416 e. The fourth-order valence-electron chi connectivity index (χ4n) is 2.76. The molecule has 3 aromatic rings. The molecular formula is C19H14F3N3O4S. The minimum atomic E-state index is -4.48. The van der Waals surface area contributed by atoms with Crippen LogP contribution >= 0.6 is 11.3 Å². The molecule has 0 radical (unpaired) electrons. The van der Waals surface area contributed by atoms with Crippen LogP contribution in [0.25, 0.3) is 10.2 Å². The monoisotopic (exact) mass is 437 g/mol. The van der Waals surface area contributed by atoms with Crippen molar-refractivity contribution in [3.63, 3.8) is 0 Å². The molecule has 30 heavy (non-hydrogen) atoms. The van der Waals surface area contributed by atoms with Gasteiger partial charge in [0.15, 0.2) is 16.6 Å². The highest BCUT2D eigenvalue weighted by molar-refractivity contribution is 7.22. The molecule has 0 bridgehead atoms. The number of carbonyl (C=O) groups excluding carboxylic acids is 2. The minimum absolute atomic E-state index is 0.0152. The lowest BCUT2D eigenvalue weighted by molar-refractivity contribution is -0.137. The van der Waals surface area contributed by atoms with E-state index in [1.54, 1.807) is 12.1 Å². The van der Waals surface area contributed by atoms with E-state index in [0.29, 0.717) is 35.4 Å². The van der Waals surface area contributed by atoms with Crippen LogP contribution < -0.4 is 20.1 Å². The van der Waals surface area contributed by atoms with Gasteiger partial charge in [-0.2, -0.15) is 13.2 Å². The number of nitrogens with one attached hydrogen (secondary N) is 2. The normalized spacial score (nSPS) is 13.2. The number of halogens is 3. The Morgan fingerprint density at radius 2 is 1.73 bits per heavy atom. The van der Waals surface area contributed by atoms with Gasteiger partial charge in [-0.25, -0.2) is 4.98 Å². The molecule has 1 aliphatic rings. The molecule has 7 nitrogen and oxygen atoms in total. The van der Waals surface area contributed by atoms with Gasteiger partial charge in [0.2, 0.25) is 5.91 Å². The van der Waals surface area contributed by atoms with E-state index in [2.05, 4.69) is 15.6 Å². The highest BCUT2D eigenvalue weighted by Gasteiger charge is 2.30. The zero-order valence-corrected chi connectivity index (χ0v) is 16.0. The molecule has 0 fully saturated rings. The third-order valence-corrected chi connectivity index (χ3v) is 5.12. The van der Waals surface area contributed by atoms with Crippen molar-refractivity contribution in [2.45, 2.75) is 6.18 Å². The molecule has 0 spiro atoms. The largest absolute Gasteiger partial charge is 0.486 e. The van der Waals surface area contributed by atoms with Gasteiger partial charge in [0.25, 0.3) is 5.91 Å². The summed E-state index contributed by atoms with van der Waals surface area (Å²) in [6.07, 6.45) is -4.48. The predicted octanol–water partition coefficient (Wildman–Crippen LogP) is 3.45. The van der Waals surface area contributed by atoms with Gasteiger partial charge in [-0.3, -0.25) is 9.59 Å². The van der Waals surface area contributed by atoms with Gasteiger partial charge in [-0.1, -0.05) is 11.3 Å². The van der Waals surface area contributed by atoms with Gasteiger partial charge in [0.1, 0.15) is 13.2 Å². The second-order valence-electron chi connectivity index (χ2n) is 6.29. The van der Waals surface area contributed by atoms with Gasteiger partial charge >= 0.3 is 6.18 Å². The Labute approximate surface area is 171 Å². The van der Waals surface area contributed by atoms with Crippen LogP contribution in [0.3, 0.4) is 0 Å². The molecule has 0 saturated carbocycles. The van der Waals surface area contributed by atoms with E-state index in [0.717, 1.165) is 29.0 Å². The van der Waals surface area contributed by atoms with Crippen LogP contribution in [0.4, 0.5) is 18.3 Å². The van der Waals surface area contributed by atoms with Crippen molar-refractivity contribution in [3.05, 3.63) is 47.5 Å². The Morgan fingerprint density at radius 3 is 2.40 bits per heavy atom. The van der Waals surface area contributed by atoms with Crippen LogP contribution in [0.1, 0.15) is 15.9 Å². The standard InChI is InChI=1S/C19H14F3N3O4S/c20-19(21,22)11-3-1-10(2-4-11)17(27)23-9-16(26)25-18-24-12-7-13-14(8-15(12)30-18)29-6-5-28-13/h1-4,7-8H,5-6,9H2,(H,23,27)(H,24,25,26). The zero-order chi connectivity index (χ0) is 21.3. The fraction of sp³-hybridized carbons (Fsp3) is 0.211. The first-order chi connectivity index (χ1) is 14.3. The van der Waals surface area contributed by atoms with Crippen LogP contribution in [-0.4, -0.2) is 36.6 Å². The molecule has 2 heterocycles. The molecule has 2 amide bonds. The highest BCUT2D eigenvalue weighted by atomic mass is 32.1. The number of ether oxygens (including phenoxy) is 2. The minimum Gasteiger partial charge on any atom is -0.486 e. The van der Waals surface area contributed by atoms with Crippen molar-refractivity contribution in [1.29, 1.82) is 0 Å². The maximum atomic E-state index is 12.6. The van der Waals surface area contributed by atoms with E-state index in [4.69, 9.17) is 9.47 Å². The summed E-state index contributed by atoms with van der Waals surface area (Å²) in [6.45, 7) is 0.545. The lowest BCUT2D eigenvalue weighted by atomic mass is 10.1. The number of aromatic nitrogens is 1. The lowest BCUT2D eigenvalue weighted by Gasteiger charge is -2.17. The van der Waals surface area contributed by atoms with Gasteiger partial charge in [-0.15, -0.1) is 0 Å². The number of nitrogens with zero attached hydrogens (tertiary/aromatic N) is 1. The Hall–Kier alpha value is -3.34. The maximum Gasteiger partial charge on any atom is 0.416 e. The molecule has 11 heteroatoms. The van der Waals surface area contributed by atoms with Crippen LogP contribution in [-0.2, 0) is 11.0 Å². The molecule has 0 atom stereocenters. The molecule has 2 N–H and O–H groups in total. The van der Waals surface area contributed by atoms with E-state index in [1.165, 1.54) is 11.3 Å².